The molecule has 1 heterocycles. The van der Waals surface area contributed by atoms with Gasteiger partial charge in [-0.05, 0) is 154 Å². The number of phenols is 1. The number of rotatable bonds is 9. The van der Waals surface area contributed by atoms with Gasteiger partial charge in [-0.1, -0.05) is 209 Å². The van der Waals surface area contributed by atoms with Crippen molar-refractivity contribution in [3.63, 3.8) is 0 Å². The van der Waals surface area contributed by atoms with Crippen LogP contribution in [0.4, 0.5) is 0 Å². The van der Waals surface area contributed by atoms with Crippen LogP contribution < -0.4 is 32.8 Å². The van der Waals surface area contributed by atoms with Gasteiger partial charge in [0, 0.05) is 16.5 Å². The molecule has 0 amide bonds. The fourth-order valence-corrected chi connectivity index (χ4v) is 12.5. The van der Waals surface area contributed by atoms with E-state index in [1.165, 1.54) is 133 Å². The van der Waals surface area contributed by atoms with Crippen molar-refractivity contribution in [2.24, 2.45) is 0 Å². The first kappa shape index (κ1) is 46.4. The Hall–Kier alpha value is -7.29. The van der Waals surface area contributed by atoms with E-state index in [1.54, 1.807) is 12.1 Å². The molecule has 1 N–H and O–H groups in total. The molecule has 9 aromatic carbocycles. The minimum absolute atomic E-state index is 0.117. The van der Waals surface area contributed by atoms with Gasteiger partial charge in [-0.3, -0.25) is 0 Å². The molecule has 0 spiro atoms. The number of aryl methyl sites for hydroxylation is 12. The van der Waals surface area contributed by atoms with Crippen molar-refractivity contribution in [3.05, 3.63) is 224 Å². The number of hydrogen-bond donors (Lipinski definition) is 1. The average Bonchev–Trinajstić information content (AvgIpc) is 3.62. The van der Waals surface area contributed by atoms with Crippen molar-refractivity contribution in [2.75, 3.05) is 0 Å². The van der Waals surface area contributed by atoms with Crippen LogP contribution in [0.1, 0.15) is 66.8 Å². The zero-order valence-electron chi connectivity index (χ0n) is 43.1. The molecule has 0 saturated carbocycles. The maximum absolute atomic E-state index is 10.3. The molecule has 0 bridgehead atoms. The van der Waals surface area contributed by atoms with Gasteiger partial charge in [-0.25, -0.2) is 0 Å². The van der Waals surface area contributed by atoms with Crippen molar-refractivity contribution in [2.45, 2.75) is 83.1 Å². The molecular weight excluding hydrogens is 844 g/mol. The molecule has 10 rings (SSSR count). The van der Waals surface area contributed by atoms with Crippen molar-refractivity contribution < 1.29 is 5.11 Å². The molecule has 70 heavy (non-hydrogen) atoms. The first-order valence-electron chi connectivity index (χ1n) is 24.9. The normalized spacial score (nSPS) is 11.5. The number of aromatic nitrogens is 1. The van der Waals surface area contributed by atoms with Crippen LogP contribution >= 0.6 is 0 Å². The summed E-state index contributed by atoms with van der Waals surface area (Å²) >= 11 is 0. The standard InChI is InChI=1S/C66H63B2NO/c1-39-29-43(5)63(44(6)30-39)67(64-45(7)31-40(2)32-46(64)8)55-19-13-51(14-20-55)53-17-27-61-59(37-53)60-38-54(18-28-62(60)69(61)57-23-25-58(70)26-24-57)52-15-21-56(22-16-52)68(65-47(9)33-41(3)34-48(65)10)66-49(11)35-42(4)36-50(66)12/h13-38,70H,1-12H3. The first-order valence-corrected chi connectivity index (χ1v) is 24.9. The second-order valence-corrected chi connectivity index (χ2v) is 20.7. The molecule has 0 aliphatic carbocycles. The minimum atomic E-state index is 0.117. The molecule has 1 aromatic heterocycles. The Morgan fingerprint density at radius 3 is 0.857 bits per heavy atom. The summed E-state index contributed by atoms with van der Waals surface area (Å²) in [6.45, 7) is 27.2. The van der Waals surface area contributed by atoms with Gasteiger partial charge >= 0.3 is 0 Å². The summed E-state index contributed by atoms with van der Waals surface area (Å²) in [5.41, 5.74) is 32.0. The van der Waals surface area contributed by atoms with Crippen LogP contribution in [0.2, 0.25) is 0 Å². The van der Waals surface area contributed by atoms with Crippen LogP contribution in [0, 0.1) is 83.1 Å². The maximum atomic E-state index is 10.3. The van der Waals surface area contributed by atoms with Gasteiger partial charge in [0.2, 0.25) is 13.4 Å². The van der Waals surface area contributed by atoms with Crippen molar-refractivity contribution in [1.29, 1.82) is 0 Å². The lowest BCUT2D eigenvalue weighted by atomic mass is 9.34. The van der Waals surface area contributed by atoms with Gasteiger partial charge in [0.1, 0.15) is 5.75 Å². The summed E-state index contributed by atoms with van der Waals surface area (Å²) in [5, 5.41) is 12.7. The topological polar surface area (TPSA) is 25.2 Å². The Balaban J connectivity index is 1.08. The highest BCUT2D eigenvalue weighted by Crippen LogP contribution is 2.37. The summed E-state index contributed by atoms with van der Waals surface area (Å²) in [6.07, 6.45) is 0. The van der Waals surface area contributed by atoms with E-state index >= 15 is 0 Å². The van der Waals surface area contributed by atoms with E-state index in [-0.39, 0.29) is 19.2 Å². The molecule has 0 atom stereocenters. The fourth-order valence-electron chi connectivity index (χ4n) is 12.5. The summed E-state index contributed by atoms with van der Waals surface area (Å²) < 4.78 is 2.33. The number of fused-ring (bicyclic) bond motifs is 3. The third kappa shape index (κ3) is 8.38. The van der Waals surface area contributed by atoms with Crippen LogP contribution in [-0.4, -0.2) is 23.1 Å². The third-order valence-corrected chi connectivity index (χ3v) is 15.1. The van der Waals surface area contributed by atoms with E-state index in [0.717, 1.165) is 16.7 Å². The molecule has 344 valence electrons. The van der Waals surface area contributed by atoms with Gasteiger partial charge in [-0.15, -0.1) is 0 Å². The van der Waals surface area contributed by atoms with Crippen LogP contribution in [0.15, 0.2) is 158 Å². The van der Waals surface area contributed by atoms with Crippen molar-refractivity contribution in [1.82, 2.24) is 4.57 Å². The second-order valence-electron chi connectivity index (χ2n) is 20.7. The van der Waals surface area contributed by atoms with E-state index < -0.39 is 0 Å². The Morgan fingerprint density at radius 1 is 0.300 bits per heavy atom. The lowest BCUT2D eigenvalue weighted by Crippen LogP contribution is -2.55. The van der Waals surface area contributed by atoms with Gasteiger partial charge in [0.25, 0.3) is 0 Å². The predicted molar refractivity (Wildman–Crippen MR) is 305 cm³/mol. The average molecular weight is 908 g/mol. The Kier molecular flexibility index (Phi) is 12.1. The molecule has 0 saturated heterocycles. The fraction of sp³-hybridized carbons (Fsp3) is 0.182. The zero-order valence-corrected chi connectivity index (χ0v) is 43.1. The van der Waals surface area contributed by atoms with Gasteiger partial charge in [-0.2, -0.15) is 0 Å². The summed E-state index contributed by atoms with van der Waals surface area (Å²) in [4.78, 5) is 0. The van der Waals surface area contributed by atoms with E-state index in [4.69, 9.17) is 0 Å². The van der Waals surface area contributed by atoms with E-state index in [0.29, 0.717) is 0 Å². The van der Waals surface area contributed by atoms with Gasteiger partial charge in [0.05, 0.1) is 11.0 Å². The quantitative estimate of drug-likeness (QED) is 0.143. The Labute approximate surface area is 416 Å². The van der Waals surface area contributed by atoms with Crippen LogP contribution in [0.5, 0.6) is 5.75 Å². The Bertz CT molecular complexity index is 3240. The minimum Gasteiger partial charge on any atom is -0.508 e. The van der Waals surface area contributed by atoms with Gasteiger partial charge in [0.15, 0.2) is 0 Å². The summed E-state index contributed by atoms with van der Waals surface area (Å²) in [6, 6.07) is 58.8. The number of hydrogen-bond acceptors (Lipinski definition) is 1. The van der Waals surface area contributed by atoms with E-state index in [9.17, 15) is 5.11 Å². The highest BCUT2D eigenvalue weighted by molar-refractivity contribution is 6.97. The van der Waals surface area contributed by atoms with Crippen molar-refractivity contribution >= 4 is 68.0 Å². The third-order valence-electron chi connectivity index (χ3n) is 15.1. The number of nitrogens with zero attached hydrogens (tertiary/aromatic N) is 1. The van der Waals surface area contributed by atoms with Crippen LogP contribution in [0.3, 0.4) is 0 Å². The SMILES string of the molecule is Cc1cc(C)c(B(c2ccc(-c3ccc4c(c3)c3cc(-c5ccc(B(c6c(C)cc(C)cc6C)c6c(C)cc(C)cc6C)cc5)ccc3n4-c3ccc(O)cc3)cc2)c2c(C)cc(C)cc2C)c(C)c1. The molecule has 0 fully saturated rings. The summed E-state index contributed by atoms with van der Waals surface area (Å²) in [7, 11) is 0. The van der Waals surface area contributed by atoms with E-state index in [2.05, 4.69) is 221 Å². The van der Waals surface area contributed by atoms with Gasteiger partial charge < -0.3 is 9.67 Å². The molecule has 0 aliphatic heterocycles. The molecule has 0 radical (unpaired) electrons. The highest BCUT2D eigenvalue weighted by atomic mass is 16.3. The predicted octanol–water partition coefficient (Wildman–Crippen LogP) is 12.6. The lowest BCUT2D eigenvalue weighted by Gasteiger charge is -2.24. The zero-order chi connectivity index (χ0) is 49.3. The number of aromatic hydroxyl groups is 1. The Morgan fingerprint density at radius 2 is 0.571 bits per heavy atom. The molecular formula is C66H63B2NO. The van der Waals surface area contributed by atoms with Crippen LogP contribution in [-0.2, 0) is 0 Å². The molecule has 4 heteroatoms. The molecule has 10 aromatic rings. The van der Waals surface area contributed by atoms with Crippen molar-refractivity contribution in [3.8, 4) is 33.7 Å². The highest BCUT2D eigenvalue weighted by Gasteiger charge is 2.30. The lowest BCUT2D eigenvalue weighted by molar-refractivity contribution is 0.475. The number of benzene rings is 9. The molecule has 2 nitrogen and oxygen atoms in total. The molecule has 0 unspecified atom stereocenters. The van der Waals surface area contributed by atoms with E-state index in [1.807, 2.05) is 12.1 Å². The largest absolute Gasteiger partial charge is 0.508 e. The maximum Gasteiger partial charge on any atom is 0.242 e. The monoisotopic (exact) mass is 908 g/mol. The molecule has 0 aliphatic rings. The number of phenolic OH excluding ortho intramolecular Hbond substituents is 1. The second kappa shape index (κ2) is 18.2. The smallest absolute Gasteiger partial charge is 0.242 e. The van der Waals surface area contributed by atoms with Crippen LogP contribution in [0.25, 0.3) is 49.7 Å². The first-order chi connectivity index (χ1) is 33.5. The summed E-state index contributed by atoms with van der Waals surface area (Å²) in [5.74, 6) is 0.256.